The van der Waals surface area contributed by atoms with Gasteiger partial charge in [-0.3, -0.25) is 4.79 Å². The molecule has 1 fully saturated rings. The Hall–Kier alpha value is -3.21. The molecule has 0 amide bonds. The molecule has 0 radical (unpaired) electrons. The van der Waals surface area contributed by atoms with Crippen LogP contribution in [0.3, 0.4) is 0 Å². The number of benzene rings is 1. The number of hydrogen-bond donors (Lipinski definition) is 0. The number of anilines is 1. The Morgan fingerprint density at radius 3 is 2.69 bits per heavy atom. The van der Waals surface area contributed by atoms with Crippen LogP contribution in [-0.2, 0) is 22.3 Å². The molecule has 3 aromatic heterocycles. The quantitative estimate of drug-likeness (QED) is 0.422. The van der Waals surface area contributed by atoms with Gasteiger partial charge in [0.1, 0.15) is 12.4 Å². The van der Waals surface area contributed by atoms with Gasteiger partial charge >= 0.3 is 12.1 Å². The molecule has 166 valence electrons. The number of rotatable bonds is 4. The van der Waals surface area contributed by atoms with Crippen LogP contribution >= 0.6 is 11.3 Å². The highest BCUT2D eigenvalue weighted by Crippen LogP contribution is 2.30. The predicted octanol–water partition coefficient (Wildman–Crippen LogP) is 4.32. The average Bonchev–Trinajstić information content (AvgIpc) is 3.41. The van der Waals surface area contributed by atoms with Crippen molar-refractivity contribution in [3.05, 3.63) is 53.2 Å². The van der Waals surface area contributed by atoms with Crippen molar-refractivity contribution in [3.8, 4) is 0 Å². The first-order valence-corrected chi connectivity index (χ1v) is 10.9. The van der Waals surface area contributed by atoms with Crippen molar-refractivity contribution in [1.29, 1.82) is 0 Å². The number of ether oxygens (including phenoxy) is 1. The van der Waals surface area contributed by atoms with Crippen molar-refractivity contribution in [2.45, 2.75) is 25.6 Å². The van der Waals surface area contributed by atoms with Gasteiger partial charge in [0.05, 0.1) is 5.92 Å². The fraction of sp³-hybridized carbons (Fsp3) is 0.333. The van der Waals surface area contributed by atoms with Gasteiger partial charge in [0.25, 0.3) is 5.82 Å². The first kappa shape index (κ1) is 20.7. The number of carbonyl (C=O) groups is 1. The molecule has 1 aromatic carbocycles. The molecule has 1 aliphatic rings. The van der Waals surface area contributed by atoms with E-state index in [1.807, 2.05) is 34.5 Å². The number of aromatic nitrogens is 4. The Labute approximate surface area is 184 Å². The van der Waals surface area contributed by atoms with E-state index in [1.54, 1.807) is 17.4 Å². The Morgan fingerprint density at radius 1 is 1.12 bits per heavy atom. The molecule has 4 aromatic rings. The second kappa shape index (κ2) is 8.05. The van der Waals surface area contributed by atoms with Gasteiger partial charge in [0, 0.05) is 23.4 Å². The van der Waals surface area contributed by atoms with E-state index in [9.17, 15) is 18.0 Å². The third-order valence-corrected chi connectivity index (χ3v) is 6.60. The third kappa shape index (κ3) is 3.88. The van der Waals surface area contributed by atoms with Crippen LogP contribution < -0.4 is 4.90 Å². The lowest BCUT2D eigenvalue weighted by Gasteiger charge is -2.31. The number of halogens is 3. The molecule has 0 saturated carbocycles. The van der Waals surface area contributed by atoms with E-state index in [0.717, 1.165) is 15.6 Å². The topological polar surface area (TPSA) is 72.6 Å². The van der Waals surface area contributed by atoms with Gasteiger partial charge in [0.2, 0.25) is 0 Å². The maximum absolute atomic E-state index is 13.1. The van der Waals surface area contributed by atoms with Crippen LogP contribution in [0, 0.1) is 5.92 Å². The van der Waals surface area contributed by atoms with Crippen LogP contribution in [0.25, 0.3) is 15.7 Å². The molecule has 1 saturated heterocycles. The molecule has 4 heterocycles. The normalized spacial score (nSPS) is 15.5. The molecule has 0 N–H and O–H groups in total. The highest BCUT2D eigenvalue weighted by atomic mass is 32.1. The maximum atomic E-state index is 13.1. The monoisotopic (exact) mass is 461 g/mol. The van der Waals surface area contributed by atoms with Crippen LogP contribution in [0.2, 0.25) is 0 Å². The van der Waals surface area contributed by atoms with Crippen molar-refractivity contribution < 1.29 is 22.7 Å². The lowest BCUT2D eigenvalue weighted by molar-refractivity contribution is -0.150. The smallest absolute Gasteiger partial charge is 0.453 e. The second-order valence-corrected chi connectivity index (χ2v) is 8.52. The lowest BCUT2D eigenvalue weighted by atomic mass is 9.97. The summed E-state index contributed by atoms with van der Waals surface area (Å²) in [4.78, 5) is 14.4. The fourth-order valence-electron chi connectivity index (χ4n) is 3.88. The zero-order chi connectivity index (χ0) is 22.3. The standard InChI is InChI=1S/C21H18F3N5O2S/c22-21(23,24)20-26-25-17-5-6-18(27-29(17)20)28-9-7-13(8-10-28)19(30)31-11-14-12-32-16-4-2-1-3-15(14)16/h1-6,12-13H,7-11H2. The average molecular weight is 461 g/mol. The minimum Gasteiger partial charge on any atom is -0.461 e. The van der Waals surface area contributed by atoms with E-state index in [2.05, 4.69) is 15.3 Å². The van der Waals surface area contributed by atoms with Crippen LogP contribution in [0.4, 0.5) is 19.0 Å². The van der Waals surface area contributed by atoms with E-state index in [4.69, 9.17) is 4.74 Å². The molecule has 1 aliphatic heterocycles. The van der Waals surface area contributed by atoms with Crippen LogP contribution in [0.1, 0.15) is 24.2 Å². The van der Waals surface area contributed by atoms with Gasteiger partial charge in [-0.1, -0.05) is 18.2 Å². The van der Waals surface area contributed by atoms with Crippen molar-refractivity contribution in [2.75, 3.05) is 18.0 Å². The molecule has 5 rings (SSSR count). The number of nitrogens with zero attached hydrogens (tertiary/aromatic N) is 5. The highest BCUT2D eigenvalue weighted by molar-refractivity contribution is 7.17. The lowest BCUT2D eigenvalue weighted by Crippen LogP contribution is -2.37. The van der Waals surface area contributed by atoms with E-state index in [0.29, 0.717) is 36.3 Å². The summed E-state index contributed by atoms with van der Waals surface area (Å²) in [6.07, 6.45) is -3.57. The van der Waals surface area contributed by atoms with E-state index in [-0.39, 0.29) is 24.1 Å². The number of alkyl halides is 3. The molecule has 0 unspecified atom stereocenters. The van der Waals surface area contributed by atoms with Gasteiger partial charge in [-0.25, -0.2) is 0 Å². The number of hydrogen-bond acceptors (Lipinski definition) is 7. The second-order valence-electron chi connectivity index (χ2n) is 7.61. The Balaban J connectivity index is 1.21. The number of esters is 1. The van der Waals surface area contributed by atoms with Crippen molar-refractivity contribution in [3.63, 3.8) is 0 Å². The summed E-state index contributed by atoms with van der Waals surface area (Å²) in [5, 5.41) is 13.9. The summed E-state index contributed by atoms with van der Waals surface area (Å²) < 4.78 is 46.7. The zero-order valence-electron chi connectivity index (χ0n) is 16.7. The summed E-state index contributed by atoms with van der Waals surface area (Å²) in [7, 11) is 0. The van der Waals surface area contributed by atoms with Crippen LogP contribution in [0.5, 0.6) is 0 Å². The van der Waals surface area contributed by atoms with E-state index < -0.39 is 12.0 Å². The number of thiophene rings is 1. The molecule has 0 aliphatic carbocycles. The summed E-state index contributed by atoms with van der Waals surface area (Å²) in [6, 6.07) is 11.0. The minimum absolute atomic E-state index is 0.0282. The summed E-state index contributed by atoms with van der Waals surface area (Å²) in [6.45, 7) is 1.21. The molecule has 11 heteroatoms. The van der Waals surface area contributed by atoms with Gasteiger partial charge < -0.3 is 9.64 Å². The predicted molar refractivity (Wildman–Crippen MR) is 112 cm³/mol. The van der Waals surface area contributed by atoms with Crippen LogP contribution in [0.15, 0.2) is 41.8 Å². The maximum Gasteiger partial charge on any atom is 0.453 e. The van der Waals surface area contributed by atoms with Crippen molar-refractivity contribution >= 4 is 38.9 Å². The molecule has 7 nitrogen and oxygen atoms in total. The number of carbonyl (C=O) groups excluding carboxylic acids is 1. The first-order valence-electron chi connectivity index (χ1n) is 10.1. The van der Waals surface area contributed by atoms with Gasteiger partial charge in [-0.05, 0) is 41.8 Å². The van der Waals surface area contributed by atoms with Crippen molar-refractivity contribution in [2.24, 2.45) is 5.92 Å². The fourth-order valence-corrected chi connectivity index (χ4v) is 4.83. The van der Waals surface area contributed by atoms with Gasteiger partial charge in [0.15, 0.2) is 5.65 Å². The Kier molecular flexibility index (Phi) is 5.20. The summed E-state index contributed by atoms with van der Waals surface area (Å²) in [5.74, 6) is -1.27. The molecular weight excluding hydrogens is 443 g/mol. The first-order chi connectivity index (χ1) is 15.4. The van der Waals surface area contributed by atoms with Crippen molar-refractivity contribution in [1.82, 2.24) is 19.8 Å². The van der Waals surface area contributed by atoms with E-state index >= 15 is 0 Å². The third-order valence-electron chi connectivity index (χ3n) is 5.59. The van der Waals surface area contributed by atoms with Crippen LogP contribution in [-0.4, -0.2) is 38.9 Å². The number of piperidine rings is 1. The molecule has 0 atom stereocenters. The summed E-state index contributed by atoms with van der Waals surface area (Å²) >= 11 is 1.62. The highest BCUT2D eigenvalue weighted by Gasteiger charge is 2.38. The molecular formula is C21H18F3N5O2S. The molecule has 0 spiro atoms. The number of fused-ring (bicyclic) bond motifs is 2. The van der Waals surface area contributed by atoms with E-state index in [1.165, 1.54) is 6.07 Å². The molecule has 0 bridgehead atoms. The Bertz CT molecular complexity index is 1280. The summed E-state index contributed by atoms with van der Waals surface area (Å²) in [5.41, 5.74) is 1.02. The van der Waals surface area contributed by atoms with Gasteiger partial charge in [-0.2, -0.15) is 17.7 Å². The SMILES string of the molecule is O=C(OCc1csc2ccccc12)C1CCN(c2ccc3nnc(C(F)(F)F)n3n2)CC1. The largest absolute Gasteiger partial charge is 0.461 e. The minimum atomic E-state index is -4.64. The Morgan fingerprint density at radius 2 is 1.91 bits per heavy atom. The molecule has 32 heavy (non-hydrogen) atoms. The zero-order valence-corrected chi connectivity index (χ0v) is 17.6. The van der Waals surface area contributed by atoms with Gasteiger partial charge in [-0.15, -0.1) is 26.6 Å².